The zero-order chi connectivity index (χ0) is 34.2. The molecule has 2 aromatic carbocycles. The molecule has 5 heterocycles. The molecular formula is C38H47ClN4O5. The zero-order valence-corrected chi connectivity index (χ0v) is 29.9. The monoisotopic (exact) mass is 674 g/mol. The summed E-state index contributed by atoms with van der Waals surface area (Å²) in [4.78, 5) is 20.7. The molecule has 256 valence electrons. The van der Waals surface area contributed by atoms with Crippen LogP contribution in [0.5, 0.6) is 5.75 Å². The summed E-state index contributed by atoms with van der Waals surface area (Å²) >= 11 is 6.51. The van der Waals surface area contributed by atoms with Crippen LogP contribution in [0.25, 0.3) is 28.0 Å². The molecule has 0 unspecified atom stereocenters. The molecule has 0 aliphatic carbocycles. The Kier molecular flexibility index (Phi) is 9.76. The number of aryl methyl sites for hydroxylation is 1. The van der Waals surface area contributed by atoms with Crippen molar-refractivity contribution in [1.82, 2.24) is 14.6 Å². The highest BCUT2D eigenvalue weighted by Crippen LogP contribution is 2.40. The Morgan fingerprint density at radius 2 is 1.83 bits per heavy atom. The summed E-state index contributed by atoms with van der Waals surface area (Å²) in [5.74, 6) is 1.10. The van der Waals surface area contributed by atoms with E-state index in [4.69, 9.17) is 40.6 Å². The van der Waals surface area contributed by atoms with Crippen molar-refractivity contribution in [2.75, 3.05) is 31.7 Å². The van der Waals surface area contributed by atoms with E-state index in [0.29, 0.717) is 28.5 Å². The summed E-state index contributed by atoms with van der Waals surface area (Å²) < 4.78 is 26.6. The van der Waals surface area contributed by atoms with Gasteiger partial charge in [0.2, 0.25) is 0 Å². The lowest BCUT2D eigenvalue weighted by atomic mass is 9.92. The van der Waals surface area contributed by atoms with Gasteiger partial charge in [-0.3, -0.25) is 0 Å². The maximum Gasteiger partial charge on any atom is 0.339 e. The third kappa shape index (κ3) is 7.33. The number of hydrogen-bond donors (Lipinski definition) is 0. The zero-order valence-electron chi connectivity index (χ0n) is 29.1. The normalized spacial score (nSPS) is 21.1. The van der Waals surface area contributed by atoms with Gasteiger partial charge in [0.25, 0.3) is 0 Å². The Bertz CT molecular complexity index is 1790. The van der Waals surface area contributed by atoms with E-state index in [0.717, 1.165) is 79.1 Å². The fraction of sp³-hybridized carbons (Fsp3) is 0.500. The first-order valence-corrected chi connectivity index (χ1v) is 17.3. The maximum absolute atomic E-state index is 13.4. The molecule has 0 radical (unpaired) electrons. The molecule has 4 aromatic rings. The Labute approximate surface area is 288 Å². The van der Waals surface area contributed by atoms with Gasteiger partial charge in [0.05, 0.1) is 35.7 Å². The Morgan fingerprint density at radius 3 is 2.56 bits per heavy atom. The van der Waals surface area contributed by atoms with Gasteiger partial charge in [-0.1, -0.05) is 29.8 Å². The number of carbonyl (C=O) groups is 1. The second-order valence-corrected chi connectivity index (χ2v) is 14.7. The first-order chi connectivity index (χ1) is 22.8. The number of methoxy groups -OCH3 is 1. The van der Waals surface area contributed by atoms with Gasteiger partial charge in [0, 0.05) is 47.6 Å². The summed E-state index contributed by atoms with van der Waals surface area (Å²) in [7, 11) is 1.39. The second kappa shape index (κ2) is 13.7. The molecule has 1 saturated heterocycles. The molecule has 0 N–H and O–H groups in total. The number of esters is 1. The van der Waals surface area contributed by atoms with E-state index < -0.39 is 17.7 Å². The van der Waals surface area contributed by atoms with Gasteiger partial charge in [0.1, 0.15) is 11.6 Å². The number of carbonyl (C=O) groups excluding carboxylic acids is 1. The van der Waals surface area contributed by atoms with Crippen molar-refractivity contribution < 1.29 is 23.7 Å². The SMILES string of the molecule is COC(=O)[C@@H](OC(C)(C)C)c1c(C)nc2cc3nn2c1N1CCC(C)(CC1)OCCCC[C@H](C)Oc1ccc(Cl)cc1-c1cccc-3c1. The van der Waals surface area contributed by atoms with E-state index in [2.05, 4.69) is 30.9 Å². The van der Waals surface area contributed by atoms with E-state index >= 15 is 0 Å². The molecule has 9 nitrogen and oxygen atoms in total. The number of ether oxygens (including phenoxy) is 4. The molecule has 2 aromatic heterocycles. The third-order valence-electron chi connectivity index (χ3n) is 9.27. The highest BCUT2D eigenvalue weighted by Gasteiger charge is 2.38. The molecule has 48 heavy (non-hydrogen) atoms. The van der Waals surface area contributed by atoms with Crippen LogP contribution in [0.3, 0.4) is 0 Å². The number of hydrogen-bond acceptors (Lipinski definition) is 8. The summed E-state index contributed by atoms with van der Waals surface area (Å²) in [6, 6.07) is 16.0. The van der Waals surface area contributed by atoms with Crippen molar-refractivity contribution in [1.29, 1.82) is 0 Å². The van der Waals surface area contributed by atoms with Gasteiger partial charge in [-0.2, -0.15) is 9.61 Å². The quantitative estimate of drug-likeness (QED) is 0.200. The van der Waals surface area contributed by atoms with E-state index in [9.17, 15) is 4.79 Å². The van der Waals surface area contributed by atoms with Gasteiger partial charge in [-0.25, -0.2) is 9.78 Å². The number of rotatable bonds is 3. The van der Waals surface area contributed by atoms with Crippen molar-refractivity contribution in [3.8, 4) is 28.1 Å². The van der Waals surface area contributed by atoms with Crippen LogP contribution < -0.4 is 9.64 Å². The van der Waals surface area contributed by atoms with E-state index in [-0.39, 0.29) is 11.7 Å². The standard InChI is InChI=1S/C38H47ClN4O5/c1-24-11-8-9-20-46-38(6)16-18-42(19-17-38)35-33(34(36(44)45-7)48-37(3,4)5)25(2)40-32-23-30(41-43(32)35)27-13-10-12-26(21-27)29-22-28(39)14-15-31(29)47-24/h10,12-15,21-24,34H,8-9,11,16-20H2,1-7H3/t24-,34-/m0/s1. The minimum absolute atomic E-state index is 0.0361. The fourth-order valence-electron chi connectivity index (χ4n) is 6.69. The van der Waals surface area contributed by atoms with E-state index in [1.807, 2.05) is 68.6 Å². The van der Waals surface area contributed by atoms with Gasteiger partial charge in [0.15, 0.2) is 11.8 Å². The molecule has 7 rings (SSSR count). The van der Waals surface area contributed by atoms with Gasteiger partial charge in [-0.05, 0) is 103 Å². The number of anilines is 1. The van der Waals surface area contributed by atoms with Crippen LogP contribution in [0.15, 0.2) is 48.5 Å². The lowest BCUT2D eigenvalue weighted by Crippen LogP contribution is -2.46. The first-order valence-electron chi connectivity index (χ1n) is 17.0. The number of fused-ring (bicyclic) bond motifs is 8. The summed E-state index contributed by atoms with van der Waals surface area (Å²) in [6.07, 6.45) is 3.58. The highest BCUT2D eigenvalue weighted by molar-refractivity contribution is 6.31. The average Bonchev–Trinajstić information content (AvgIpc) is 3.47. The van der Waals surface area contributed by atoms with Crippen LogP contribution in [-0.2, 0) is 19.0 Å². The van der Waals surface area contributed by atoms with Crippen LogP contribution in [0.4, 0.5) is 5.82 Å². The van der Waals surface area contributed by atoms with Crippen LogP contribution in [0.2, 0.25) is 5.02 Å². The number of benzene rings is 2. The molecule has 3 aliphatic rings. The largest absolute Gasteiger partial charge is 0.490 e. The van der Waals surface area contributed by atoms with Crippen LogP contribution in [0, 0.1) is 6.92 Å². The van der Waals surface area contributed by atoms with Gasteiger partial charge < -0.3 is 23.8 Å². The van der Waals surface area contributed by atoms with Crippen molar-refractivity contribution in [3.63, 3.8) is 0 Å². The van der Waals surface area contributed by atoms with Crippen LogP contribution in [-0.4, -0.2) is 64.7 Å². The maximum atomic E-state index is 13.4. The van der Waals surface area contributed by atoms with Crippen molar-refractivity contribution in [3.05, 3.63) is 64.8 Å². The Hall–Kier alpha value is -3.66. The topological polar surface area (TPSA) is 87.4 Å². The molecule has 2 atom stereocenters. The average molecular weight is 675 g/mol. The predicted molar refractivity (Wildman–Crippen MR) is 189 cm³/mol. The Balaban J connectivity index is 1.54. The van der Waals surface area contributed by atoms with Gasteiger partial charge >= 0.3 is 5.97 Å². The molecular weight excluding hydrogens is 628 g/mol. The third-order valence-corrected chi connectivity index (χ3v) is 9.50. The van der Waals surface area contributed by atoms with Crippen molar-refractivity contribution in [2.45, 2.75) is 97.1 Å². The molecule has 6 bridgehead atoms. The minimum atomic E-state index is -0.989. The lowest BCUT2D eigenvalue weighted by molar-refractivity contribution is -0.164. The summed E-state index contributed by atoms with van der Waals surface area (Å²) in [5.41, 5.74) is 4.74. The molecule has 0 spiro atoms. The summed E-state index contributed by atoms with van der Waals surface area (Å²) in [6.45, 7) is 14.2. The number of halogens is 1. The number of nitrogens with zero attached hydrogens (tertiary/aromatic N) is 4. The summed E-state index contributed by atoms with van der Waals surface area (Å²) in [5, 5.41) is 5.80. The predicted octanol–water partition coefficient (Wildman–Crippen LogP) is 8.38. The van der Waals surface area contributed by atoms with Crippen molar-refractivity contribution >= 4 is 29.0 Å². The molecule has 0 saturated carbocycles. The number of aromatic nitrogens is 3. The molecule has 1 fully saturated rings. The van der Waals surface area contributed by atoms with E-state index in [1.165, 1.54) is 7.11 Å². The van der Waals surface area contributed by atoms with Crippen LogP contribution >= 0.6 is 11.6 Å². The van der Waals surface area contributed by atoms with E-state index in [1.54, 1.807) is 0 Å². The fourth-order valence-corrected chi connectivity index (χ4v) is 6.87. The molecule has 10 heteroatoms. The van der Waals surface area contributed by atoms with Crippen LogP contribution in [0.1, 0.15) is 84.1 Å². The lowest BCUT2D eigenvalue weighted by Gasteiger charge is -2.41. The second-order valence-electron chi connectivity index (χ2n) is 14.3. The smallest absolute Gasteiger partial charge is 0.339 e. The molecule has 3 aliphatic heterocycles. The van der Waals surface area contributed by atoms with Crippen molar-refractivity contribution in [2.24, 2.45) is 0 Å². The number of piperidine rings is 1. The Morgan fingerprint density at radius 1 is 1.08 bits per heavy atom. The highest BCUT2D eigenvalue weighted by atomic mass is 35.5. The first kappa shape index (κ1) is 34.2. The molecule has 0 amide bonds. The van der Waals surface area contributed by atoms with Gasteiger partial charge in [-0.15, -0.1) is 0 Å². The minimum Gasteiger partial charge on any atom is -0.490 e.